The molecule has 1 aromatic heterocycles. The van der Waals surface area contributed by atoms with Crippen molar-refractivity contribution in [1.29, 1.82) is 0 Å². The van der Waals surface area contributed by atoms with Crippen LogP contribution < -0.4 is 15.4 Å². The molecule has 0 saturated carbocycles. The van der Waals surface area contributed by atoms with E-state index in [0.717, 1.165) is 36.4 Å². The number of carbonyl (C=O) groups excluding carboxylic acids is 1. The Bertz CT molecular complexity index is 1330. The number of anilines is 1. The Labute approximate surface area is 214 Å². The Morgan fingerprint density at radius 1 is 1.11 bits per heavy atom. The fourth-order valence-corrected chi connectivity index (χ4v) is 4.27. The molecule has 0 radical (unpaired) electrons. The average molecular weight is 537 g/mol. The Morgan fingerprint density at radius 3 is 2.43 bits per heavy atom. The van der Waals surface area contributed by atoms with Crippen LogP contribution in [0.3, 0.4) is 0 Å². The van der Waals surface area contributed by atoms with E-state index in [1.54, 1.807) is 0 Å². The number of halogens is 2. The minimum absolute atomic E-state index is 0.0601. The minimum atomic E-state index is -3.66. The maximum Gasteiger partial charge on any atom is 0.307 e. The number of aryl methyl sites for hydroxylation is 2. The van der Waals surface area contributed by atoms with Gasteiger partial charge in [-0.3, -0.25) is 9.52 Å². The number of aromatic nitrogens is 1. The van der Waals surface area contributed by atoms with Crippen molar-refractivity contribution in [2.45, 2.75) is 45.4 Å². The third kappa shape index (κ3) is 8.62. The SMILES string of the molecule is CCc1cccc(CNC[C@H](O)[C@H](Cc2cc(F)cc(F)c2)NC(=O)c2nc(NS(C)(=O)=O)c(C)o2)c1. The molecule has 1 amide bonds. The van der Waals surface area contributed by atoms with Crippen molar-refractivity contribution >= 4 is 21.7 Å². The normalized spacial score (nSPS) is 13.2. The largest absolute Gasteiger partial charge is 0.435 e. The molecule has 4 N–H and O–H groups in total. The minimum Gasteiger partial charge on any atom is -0.435 e. The van der Waals surface area contributed by atoms with Crippen molar-refractivity contribution < 1.29 is 31.5 Å². The quantitative estimate of drug-likeness (QED) is 0.280. The summed E-state index contributed by atoms with van der Waals surface area (Å²) >= 11 is 0. The van der Waals surface area contributed by atoms with E-state index < -0.39 is 45.6 Å². The fraction of sp³-hybridized carbons (Fsp3) is 0.360. The second-order valence-electron chi connectivity index (χ2n) is 8.73. The number of nitrogens with zero attached hydrogens (tertiary/aromatic N) is 1. The van der Waals surface area contributed by atoms with Crippen LogP contribution in [0, 0.1) is 18.6 Å². The molecule has 0 fully saturated rings. The highest BCUT2D eigenvalue weighted by Gasteiger charge is 2.26. The number of oxazole rings is 1. The van der Waals surface area contributed by atoms with Gasteiger partial charge in [0.2, 0.25) is 10.0 Å². The molecule has 0 unspecified atom stereocenters. The monoisotopic (exact) mass is 536 g/mol. The molecule has 0 aliphatic carbocycles. The maximum atomic E-state index is 13.8. The van der Waals surface area contributed by atoms with Crippen LogP contribution in [0.15, 0.2) is 46.9 Å². The molecule has 2 atom stereocenters. The van der Waals surface area contributed by atoms with Gasteiger partial charge >= 0.3 is 5.91 Å². The molecule has 0 spiro atoms. The van der Waals surface area contributed by atoms with E-state index in [0.29, 0.717) is 6.54 Å². The summed E-state index contributed by atoms with van der Waals surface area (Å²) in [7, 11) is -3.66. The van der Waals surface area contributed by atoms with Crippen LogP contribution in [-0.4, -0.2) is 49.4 Å². The van der Waals surface area contributed by atoms with Crippen LogP contribution >= 0.6 is 0 Å². The van der Waals surface area contributed by atoms with E-state index in [2.05, 4.69) is 20.3 Å². The summed E-state index contributed by atoms with van der Waals surface area (Å²) in [6.07, 6.45) is 0.560. The van der Waals surface area contributed by atoms with Crippen molar-refractivity contribution in [3.05, 3.63) is 82.4 Å². The van der Waals surface area contributed by atoms with Gasteiger partial charge in [0.15, 0.2) is 5.82 Å². The van der Waals surface area contributed by atoms with Crippen molar-refractivity contribution in [1.82, 2.24) is 15.6 Å². The van der Waals surface area contributed by atoms with Crippen LogP contribution in [-0.2, 0) is 29.4 Å². The highest BCUT2D eigenvalue weighted by molar-refractivity contribution is 7.92. The number of benzene rings is 2. The smallest absolute Gasteiger partial charge is 0.307 e. The molecule has 12 heteroatoms. The Balaban J connectivity index is 1.74. The lowest BCUT2D eigenvalue weighted by atomic mass is 10.0. The van der Waals surface area contributed by atoms with Gasteiger partial charge in [0.05, 0.1) is 18.4 Å². The van der Waals surface area contributed by atoms with E-state index in [4.69, 9.17) is 4.42 Å². The molecule has 200 valence electrons. The number of aliphatic hydroxyl groups is 1. The summed E-state index contributed by atoms with van der Waals surface area (Å²) in [5, 5.41) is 16.6. The molecule has 37 heavy (non-hydrogen) atoms. The fourth-order valence-electron chi connectivity index (χ4n) is 3.73. The first-order valence-electron chi connectivity index (χ1n) is 11.6. The van der Waals surface area contributed by atoms with Crippen molar-refractivity contribution in [3.8, 4) is 0 Å². The number of nitrogens with one attached hydrogen (secondary N) is 3. The first-order valence-corrected chi connectivity index (χ1v) is 13.5. The second kappa shape index (κ2) is 12.3. The topological polar surface area (TPSA) is 134 Å². The summed E-state index contributed by atoms with van der Waals surface area (Å²) in [6, 6.07) is 9.92. The summed E-state index contributed by atoms with van der Waals surface area (Å²) in [5.74, 6) is -2.92. The molecule has 3 rings (SSSR count). The summed E-state index contributed by atoms with van der Waals surface area (Å²) in [4.78, 5) is 16.7. The third-order valence-corrected chi connectivity index (χ3v) is 6.08. The molecule has 2 aromatic carbocycles. The summed E-state index contributed by atoms with van der Waals surface area (Å²) < 4.78 is 58.0. The first kappa shape index (κ1) is 28.2. The number of aliphatic hydroxyl groups excluding tert-OH is 1. The Kier molecular flexibility index (Phi) is 9.35. The van der Waals surface area contributed by atoms with Gasteiger partial charge in [-0.15, -0.1) is 0 Å². The molecule has 0 bridgehead atoms. The lowest BCUT2D eigenvalue weighted by Crippen LogP contribution is -2.48. The molecule has 3 aromatic rings. The van der Waals surface area contributed by atoms with Gasteiger partial charge in [0.1, 0.15) is 17.4 Å². The van der Waals surface area contributed by atoms with E-state index in [9.17, 15) is 27.1 Å². The van der Waals surface area contributed by atoms with Crippen molar-refractivity contribution in [2.75, 3.05) is 17.5 Å². The summed E-state index contributed by atoms with van der Waals surface area (Å²) in [6.45, 7) is 4.00. The predicted octanol–water partition coefficient (Wildman–Crippen LogP) is 2.69. The van der Waals surface area contributed by atoms with Gasteiger partial charge in [-0.25, -0.2) is 17.2 Å². The molecule has 0 aliphatic heterocycles. The highest BCUT2D eigenvalue weighted by Crippen LogP contribution is 2.17. The van der Waals surface area contributed by atoms with E-state index in [1.807, 2.05) is 31.2 Å². The van der Waals surface area contributed by atoms with E-state index in [-0.39, 0.29) is 30.1 Å². The standard InChI is InChI=1S/C25H30F2N4O5S/c1-4-16-6-5-7-17(8-16)13-28-14-22(32)21(11-18-9-19(26)12-20(27)10-18)29-24(33)25-30-23(15(2)36-25)31-37(3,34)35/h5-10,12,21-22,28,31-32H,4,11,13-14H2,1-3H3,(H,29,33)/t21-,22-/m0/s1. The molecule has 0 saturated heterocycles. The third-order valence-electron chi connectivity index (χ3n) is 5.51. The van der Waals surface area contributed by atoms with Gasteiger partial charge in [-0.05, 0) is 48.6 Å². The van der Waals surface area contributed by atoms with Crippen LogP contribution in [0.2, 0.25) is 0 Å². The van der Waals surface area contributed by atoms with Crippen LogP contribution in [0.1, 0.15) is 40.1 Å². The zero-order valence-electron chi connectivity index (χ0n) is 20.7. The van der Waals surface area contributed by atoms with Crippen molar-refractivity contribution in [2.24, 2.45) is 0 Å². The predicted molar refractivity (Wildman–Crippen MR) is 135 cm³/mol. The average Bonchev–Trinajstić information content (AvgIpc) is 3.16. The molecular weight excluding hydrogens is 506 g/mol. The summed E-state index contributed by atoms with van der Waals surface area (Å²) in [5.41, 5.74) is 2.41. The molecule has 0 aliphatic rings. The van der Waals surface area contributed by atoms with Crippen LogP contribution in [0.4, 0.5) is 14.6 Å². The molecule has 9 nitrogen and oxygen atoms in total. The lowest BCUT2D eigenvalue weighted by molar-refractivity contribution is 0.0797. The zero-order chi connectivity index (χ0) is 27.2. The Hall–Kier alpha value is -3.35. The number of hydrogen-bond donors (Lipinski definition) is 4. The van der Waals surface area contributed by atoms with Crippen LogP contribution in [0.25, 0.3) is 0 Å². The van der Waals surface area contributed by atoms with Gasteiger partial charge in [0.25, 0.3) is 5.89 Å². The number of carbonyl (C=O) groups is 1. The zero-order valence-corrected chi connectivity index (χ0v) is 21.5. The maximum absolute atomic E-state index is 13.8. The number of hydrogen-bond acceptors (Lipinski definition) is 7. The Morgan fingerprint density at radius 2 is 1.78 bits per heavy atom. The van der Waals surface area contributed by atoms with Gasteiger partial charge < -0.3 is 20.2 Å². The van der Waals surface area contributed by atoms with E-state index in [1.165, 1.54) is 12.5 Å². The number of rotatable bonds is 12. The van der Waals surface area contributed by atoms with Crippen LogP contribution in [0.5, 0.6) is 0 Å². The van der Waals surface area contributed by atoms with E-state index >= 15 is 0 Å². The number of sulfonamides is 1. The molecule has 1 heterocycles. The number of amides is 1. The second-order valence-corrected chi connectivity index (χ2v) is 10.5. The van der Waals surface area contributed by atoms with Gasteiger partial charge in [0, 0.05) is 19.2 Å². The van der Waals surface area contributed by atoms with Crippen molar-refractivity contribution in [3.63, 3.8) is 0 Å². The van der Waals surface area contributed by atoms with Gasteiger partial charge in [-0.1, -0.05) is 31.2 Å². The molecular formula is C25H30F2N4O5S. The highest BCUT2D eigenvalue weighted by atomic mass is 32.2. The van der Waals surface area contributed by atoms with Gasteiger partial charge in [-0.2, -0.15) is 4.98 Å². The lowest BCUT2D eigenvalue weighted by Gasteiger charge is -2.24. The first-order chi connectivity index (χ1) is 17.4.